The van der Waals surface area contributed by atoms with Crippen LogP contribution < -0.4 is 15.4 Å². The van der Waals surface area contributed by atoms with Crippen LogP contribution >= 0.6 is 0 Å². The first-order valence-electron chi connectivity index (χ1n) is 8.60. The van der Waals surface area contributed by atoms with Crippen LogP contribution in [0, 0.1) is 5.82 Å². The number of anilines is 2. The fourth-order valence-electron chi connectivity index (χ4n) is 2.83. The second-order valence-corrected chi connectivity index (χ2v) is 6.11. The zero-order valence-electron chi connectivity index (χ0n) is 15.5. The van der Waals surface area contributed by atoms with Gasteiger partial charge in [0.25, 0.3) is 5.91 Å². The van der Waals surface area contributed by atoms with Gasteiger partial charge in [-0.15, -0.1) is 0 Å². The maximum absolute atomic E-state index is 13.8. The van der Waals surface area contributed by atoms with Crippen LogP contribution in [0.3, 0.4) is 0 Å². The molecule has 3 aromatic carbocycles. The van der Waals surface area contributed by atoms with E-state index in [4.69, 9.17) is 4.74 Å². The molecule has 0 heterocycles. The first-order chi connectivity index (χ1) is 13.5. The average molecular weight is 378 g/mol. The Labute approximate surface area is 162 Å². The predicted molar refractivity (Wildman–Crippen MR) is 107 cm³/mol. The first kappa shape index (κ1) is 19.1. The highest BCUT2D eigenvalue weighted by molar-refractivity contribution is 6.09. The van der Waals surface area contributed by atoms with Gasteiger partial charge in [0.2, 0.25) is 5.91 Å². The monoisotopic (exact) mass is 378 g/mol. The molecule has 0 aliphatic carbocycles. The third-order valence-corrected chi connectivity index (χ3v) is 4.08. The van der Waals surface area contributed by atoms with Crippen LogP contribution in [0.1, 0.15) is 17.3 Å². The van der Waals surface area contributed by atoms with E-state index >= 15 is 0 Å². The average Bonchev–Trinajstić information content (AvgIpc) is 2.69. The number of methoxy groups -OCH3 is 1. The zero-order chi connectivity index (χ0) is 20.1. The van der Waals surface area contributed by atoms with Gasteiger partial charge in [-0.2, -0.15) is 0 Å². The van der Waals surface area contributed by atoms with Crippen molar-refractivity contribution in [1.82, 2.24) is 0 Å². The Bertz CT molecular complexity index is 1020. The number of carbonyl (C=O) groups is 2. The van der Waals surface area contributed by atoms with Crippen molar-refractivity contribution in [2.75, 3.05) is 17.7 Å². The van der Waals surface area contributed by atoms with Crippen molar-refractivity contribution in [2.45, 2.75) is 6.92 Å². The summed E-state index contributed by atoms with van der Waals surface area (Å²) in [5.74, 6) is -0.783. The Hall–Kier alpha value is -3.67. The molecule has 5 nitrogen and oxygen atoms in total. The molecule has 0 unspecified atom stereocenters. The maximum atomic E-state index is 13.8. The van der Waals surface area contributed by atoms with Gasteiger partial charge in [0.05, 0.1) is 18.4 Å². The number of hydrogen-bond acceptors (Lipinski definition) is 3. The number of carbonyl (C=O) groups excluding carboxylic acids is 2. The van der Waals surface area contributed by atoms with Crippen molar-refractivity contribution in [3.8, 4) is 16.9 Å². The lowest BCUT2D eigenvalue weighted by atomic mass is 9.99. The molecule has 0 aromatic heterocycles. The largest absolute Gasteiger partial charge is 0.494 e. The molecule has 0 aliphatic rings. The van der Waals surface area contributed by atoms with Crippen LogP contribution in [0.4, 0.5) is 15.8 Å². The Morgan fingerprint density at radius 2 is 1.68 bits per heavy atom. The number of halogens is 1. The summed E-state index contributed by atoms with van der Waals surface area (Å²) in [5, 5.41) is 5.40. The third kappa shape index (κ3) is 4.35. The Kier molecular flexibility index (Phi) is 5.69. The molecule has 6 heteroatoms. The molecule has 0 fully saturated rings. The van der Waals surface area contributed by atoms with E-state index in [1.807, 2.05) is 30.3 Å². The molecular formula is C22H19FN2O3. The molecule has 0 bridgehead atoms. The summed E-state index contributed by atoms with van der Waals surface area (Å²) in [6, 6.07) is 18.3. The number of hydrogen-bond donors (Lipinski definition) is 2. The van der Waals surface area contributed by atoms with E-state index in [2.05, 4.69) is 10.6 Å². The van der Waals surface area contributed by atoms with E-state index in [0.717, 1.165) is 5.56 Å². The lowest BCUT2D eigenvalue weighted by Gasteiger charge is -2.13. The Balaban J connectivity index is 1.92. The summed E-state index contributed by atoms with van der Waals surface area (Å²) in [4.78, 5) is 24.1. The Morgan fingerprint density at radius 3 is 2.36 bits per heavy atom. The molecule has 0 spiro atoms. The highest BCUT2D eigenvalue weighted by Gasteiger charge is 2.15. The van der Waals surface area contributed by atoms with Gasteiger partial charge in [-0.3, -0.25) is 9.59 Å². The third-order valence-electron chi connectivity index (χ3n) is 4.08. The summed E-state index contributed by atoms with van der Waals surface area (Å²) in [6.07, 6.45) is 0. The predicted octanol–water partition coefficient (Wildman–Crippen LogP) is 4.71. The minimum absolute atomic E-state index is 0.219. The van der Waals surface area contributed by atoms with Crippen LogP contribution in [-0.4, -0.2) is 18.9 Å². The van der Waals surface area contributed by atoms with Crippen molar-refractivity contribution in [3.05, 3.63) is 78.1 Å². The summed E-state index contributed by atoms with van der Waals surface area (Å²) >= 11 is 0. The SMILES string of the molecule is COc1cc(NC(=O)c2cc(F)ccc2-c2ccccc2)ccc1NC(C)=O. The minimum atomic E-state index is -0.497. The molecule has 3 aromatic rings. The fraction of sp³-hybridized carbons (Fsp3) is 0.0909. The molecule has 3 rings (SSSR count). The normalized spacial score (nSPS) is 10.2. The molecule has 2 N–H and O–H groups in total. The highest BCUT2D eigenvalue weighted by Crippen LogP contribution is 2.29. The molecule has 2 amide bonds. The van der Waals surface area contributed by atoms with Gasteiger partial charge < -0.3 is 15.4 Å². The van der Waals surface area contributed by atoms with Gasteiger partial charge in [-0.25, -0.2) is 4.39 Å². The first-order valence-corrected chi connectivity index (χ1v) is 8.60. The summed E-state index contributed by atoms with van der Waals surface area (Å²) in [7, 11) is 1.46. The van der Waals surface area contributed by atoms with Crippen LogP contribution in [0.25, 0.3) is 11.1 Å². The lowest BCUT2D eigenvalue weighted by Crippen LogP contribution is -2.14. The quantitative estimate of drug-likeness (QED) is 0.676. The van der Waals surface area contributed by atoms with E-state index < -0.39 is 11.7 Å². The summed E-state index contributed by atoms with van der Waals surface area (Å²) in [6.45, 7) is 1.39. The number of ether oxygens (including phenoxy) is 1. The van der Waals surface area contributed by atoms with E-state index in [1.54, 1.807) is 24.3 Å². The molecule has 0 aliphatic heterocycles. The maximum Gasteiger partial charge on any atom is 0.256 e. The summed E-state index contributed by atoms with van der Waals surface area (Å²) < 4.78 is 19.1. The van der Waals surface area contributed by atoms with Crippen molar-refractivity contribution in [3.63, 3.8) is 0 Å². The van der Waals surface area contributed by atoms with Crippen molar-refractivity contribution in [1.29, 1.82) is 0 Å². The minimum Gasteiger partial charge on any atom is -0.494 e. The van der Waals surface area contributed by atoms with E-state index in [0.29, 0.717) is 22.7 Å². The number of rotatable bonds is 5. The smallest absolute Gasteiger partial charge is 0.256 e. The van der Waals surface area contributed by atoms with E-state index in [-0.39, 0.29) is 11.5 Å². The van der Waals surface area contributed by atoms with Crippen LogP contribution in [0.5, 0.6) is 5.75 Å². The van der Waals surface area contributed by atoms with E-state index in [9.17, 15) is 14.0 Å². The molecule has 0 saturated heterocycles. The molecule has 0 saturated carbocycles. The van der Waals surface area contributed by atoms with Crippen molar-refractivity contribution < 1.29 is 18.7 Å². The molecular weight excluding hydrogens is 359 g/mol. The van der Waals surface area contributed by atoms with Crippen molar-refractivity contribution in [2.24, 2.45) is 0 Å². The topological polar surface area (TPSA) is 67.4 Å². The second kappa shape index (κ2) is 8.35. The molecule has 0 radical (unpaired) electrons. The van der Waals surface area contributed by atoms with Crippen LogP contribution in [0.15, 0.2) is 66.7 Å². The fourth-order valence-corrected chi connectivity index (χ4v) is 2.83. The Morgan fingerprint density at radius 1 is 0.929 bits per heavy atom. The van der Waals surface area contributed by atoms with Crippen LogP contribution in [0.2, 0.25) is 0 Å². The standard InChI is InChI=1S/C22H19FN2O3/c1-14(26)24-20-11-9-17(13-21(20)28-2)25-22(27)19-12-16(23)8-10-18(19)15-6-4-3-5-7-15/h3-13H,1-2H3,(H,24,26)(H,25,27). The molecule has 0 atom stereocenters. The second-order valence-electron chi connectivity index (χ2n) is 6.11. The van der Waals surface area contributed by atoms with Gasteiger partial charge in [0.15, 0.2) is 0 Å². The molecule has 142 valence electrons. The van der Waals surface area contributed by atoms with Gasteiger partial charge in [0.1, 0.15) is 11.6 Å². The van der Waals surface area contributed by atoms with Gasteiger partial charge in [-0.05, 0) is 35.4 Å². The van der Waals surface area contributed by atoms with Gasteiger partial charge in [-0.1, -0.05) is 36.4 Å². The summed E-state index contributed by atoms with van der Waals surface area (Å²) in [5.41, 5.74) is 2.60. The van der Waals surface area contributed by atoms with Crippen LogP contribution in [-0.2, 0) is 4.79 Å². The lowest BCUT2D eigenvalue weighted by molar-refractivity contribution is -0.114. The number of benzene rings is 3. The van der Waals surface area contributed by atoms with E-state index in [1.165, 1.54) is 26.2 Å². The number of amides is 2. The van der Waals surface area contributed by atoms with Gasteiger partial charge in [0, 0.05) is 18.7 Å². The number of nitrogens with one attached hydrogen (secondary N) is 2. The zero-order valence-corrected chi connectivity index (χ0v) is 15.5. The molecule has 28 heavy (non-hydrogen) atoms. The highest BCUT2D eigenvalue weighted by atomic mass is 19.1. The van der Waals surface area contributed by atoms with Crippen molar-refractivity contribution >= 4 is 23.2 Å². The van der Waals surface area contributed by atoms with Gasteiger partial charge >= 0.3 is 0 Å².